The van der Waals surface area contributed by atoms with Gasteiger partial charge in [-0.1, -0.05) is 36.4 Å². The van der Waals surface area contributed by atoms with Gasteiger partial charge in [0, 0.05) is 5.39 Å². The van der Waals surface area contributed by atoms with Crippen molar-refractivity contribution < 1.29 is 32.6 Å². The molecule has 0 saturated heterocycles. The maximum Gasteiger partial charge on any atom is 0.375 e. The number of benzene rings is 2. The predicted molar refractivity (Wildman–Crippen MR) is 106 cm³/mol. The number of para-hydroxylation sites is 2. The van der Waals surface area contributed by atoms with E-state index in [4.69, 9.17) is 18.3 Å². The standard InChI is InChI=1S/C23H18O7/c1-26-22(24)20-12-11-16(29-20)13-28-23(25)21-18(14-27-15-7-3-2-4-8-15)17-9-5-6-10-19(17)30-21/h2-12H,13-14H2,1H3. The smallest absolute Gasteiger partial charge is 0.375 e. The minimum atomic E-state index is -0.658. The Balaban J connectivity index is 1.52. The van der Waals surface area contributed by atoms with E-state index >= 15 is 0 Å². The summed E-state index contributed by atoms with van der Waals surface area (Å²) in [4.78, 5) is 24.2. The van der Waals surface area contributed by atoms with Gasteiger partial charge in [0.2, 0.25) is 11.5 Å². The summed E-state index contributed by atoms with van der Waals surface area (Å²) in [5.41, 5.74) is 1.15. The molecule has 2 aromatic carbocycles. The number of rotatable bonds is 7. The fraction of sp³-hybridized carbons (Fsp3) is 0.130. The quantitative estimate of drug-likeness (QED) is 0.409. The lowest BCUT2D eigenvalue weighted by molar-refractivity contribution is 0.0402. The first-order valence-corrected chi connectivity index (χ1v) is 9.18. The van der Waals surface area contributed by atoms with E-state index in [-0.39, 0.29) is 24.7 Å². The molecule has 2 aromatic heterocycles. The summed E-state index contributed by atoms with van der Waals surface area (Å²) in [5.74, 6) is -0.190. The highest BCUT2D eigenvalue weighted by molar-refractivity contribution is 5.96. The molecule has 7 heteroatoms. The Labute approximate surface area is 171 Å². The van der Waals surface area contributed by atoms with E-state index in [2.05, 4.69) is 4.74 Å². The monoisotopic (exact) mass is 406 g/mol. The number of methoxy groups -OCH3 is 1. The zero-order chi connectivity index (χ0) is 20.9. The minimum absolute atomic E-state index is 0.0317. The van der Waals surface area contributed by atoms with E-state index in [1.54, 1.807) is 6.07 Å². The third-order valence-electron chi connectivity index (χ3n) is 4.40. The lowest BCUT2D eigenvalue weighted by Gasteiger charge is -2.07. The van der Waals surface area contributed by atoms with Crippen LogP contribution in [0.25, 0.3) is 11.0 Å². The summed E-state index contributed by atoms with van der Waals surface area (Å²) in [5, 5.41) is 0.770. The third kappa shape index (κ3) is 4.05. The van der Waals surface area contributed by atoms with E-state index in [9.17, 15) is 9.59 Å². The van der Waals surface area contributed by atoms with Gasteiger partial charge in [0.05, 0.1) is 12.7 Å². The van der Waals surface area contributed by atoms with E-state index in [0.717, 1.165) is 5.39 Å². The van der Waals surface area contributed by atoms with Crippen LogP contribution in [0.5, 0.6) is 5.75 Å². The van der Waals surface area contributed by atoms with Gasteiger partial charge in [-0.25, -0.2) is 9.59 Å². The second kappa shape index (κ2) is 8.57. The Hall–Kier alpha value is -4.00. The van der Waals surface area contributed by atoms with Crippen molar-refractivity contribution in [2.75, 3.05) is 7.11 Å². The Kier molecular flexibility index (Phi) is 5.52. The highest BCUT2D eigenvalue weighted by Crippen LogP contribution is 2.28. The maximum atomic E-state index is 12.7. The van der Waals surface area contributed by atoms with Crippen molar-refractivity contribution >= 4 is 22.9 Å². The summed E-state index contributed by atoms with van der Waals surface area (Å²) in [6.07, 6.45) is 0. The Morgan fingerprint density at radius 2 is 1.60 bits per heavy atom. The third-order valence-corrected chi connectivity index (χ3v) is 4.40. The number of carbonyl (C=O) groups is 2. The number of carbonyl (C=O) groups excluding carboxylic acids is 2. The van der Waals surface area contributed by atoms with Gasteiger partial charge in [-0.2, -0.15) is 0 Å². The Bertz CT molecular complexity index is 1170. The van der Waals surface area contributed by atoms with Crippen LogP contribution in [0.3, 0.4) is 0 Å². The lowest BCUT2D eigenvalue weighted by atomic mass is 10.1. The van der Waals surface area contributed by atoms with Crippen molar-refractivity contribution in [3.8, 4) is 5.75 Å². The number of hydrogen-bond donors (Lipinski definition) is 0. The number of furan rings is 2. The van der Waals surface area contributed by atoms with Crippen LogP contribution in [0, 0.1) is 0 Å². The molecule has 7 nitrogen and oxygen atoms in total. The average molecular weight is 406 g/mol. The highest BCUT2D eigenvalue weighted by Gasteiger charge is 2.23. The molecule has 0 atom stereocenters. The van der Waals surface area contributed by atoms with Gasteiger partial charge in [-0.3, -0.25) is 0 Å². The molecule has 4 aromatic rings. The van der Waals surface area contributed by atoms with Gasteiger partial charge < -0.3 is 23.0 Å². The minimum Gasteiger partial charge on any atom is -0.489 e. The maximum absolute atomic E-state index is 12.7. The molecule has 0 bridgehead atoms. The van der Waals surface area contributed by atoms with Crippen molar-refractivity contribution in [3.63, 3.8) is 0 Å². The SMILES string of the molecule is COC(=O)c1ccc(COC(=O)c2oc3ccccc3c2COc2ccccc2)o1. The van der Waals surface area contributed by atoms with Crippen molar-refractivity contribution in [1.82, 2.24) is 0 Å². The molecular weight excluding hydrogens is 388 g/mol. The predicted octanol–water partition coefficient (Wildman–Crippen LogP) is 4.75. The van der Waals surface area contributed by atoms with E-state index in [0.29, 0.717) is 22.7 Å². The van der Waals surface area contributed by atoms with Gasteiger partial charge in [0.25, 0.3) is 0 Å². The molecule has 2 heterocycles. The van der Waals surface area contributed by atoms with Crippen molar-refractivity contribution in [1.29, 1.82) is 0 Å². The molecule has 0 spiro atoms. The van der Waals surface area contributed by atoms with Gasteiger partial charge >= 0.3 is 11.9 Å². The van der Waals surface area contributed by atoms with Crippen LogP contribution in [0.2, 0.25) is 0 Å². The number of esters is 2. The zero-order valence-corrected chi connectivity index (χ0v) is 16.1. The number of fused-ring (bicyclic) bond motifs is 1. The van der Waals surface area contributed by atoms with Crippen LogP contribution >= 0.6 is 0 Å². The second-order valence-electron chi connectivity index (χ2n) is 6.34. The molecule has 0 unspecified atom stereocenters. The summed E-state index contributed by atoms with van der Waals surface area (Å²) >= 11 is 0. The van der Waals surface area contributed by atoms with Gasteiger partial charge in [-0.05, 0) is 30.3 Å². The van der Waals surface area contributed by atoms with Gasteiger partial charge in [0.15, 0.2) is 0 Å². The fourth-order valence-electron chi connectivity index (χ4n) is 2.95. The van der Waals surface area contributed by atoms with Crippen LogP contribution in [0.1, 0.15) is 32.4 Å². The Morgan fingerprint density at radius 1 is 0.833 bits per heavy atom. The first-order chi connectivity index (χ1) is 14.7. The summed E-state index contributed by atoms with van der Waals surface area (Å²) in [7, 11) is 1.26. The largest absolute Gasteiger partial charge is 0.489 e. The lowest BCUT2D eigenvalue weighted by Crippen LogP contribution is -2.08. The highest BCUT2D eigenvalue weighted by atomic mass is 16.6. The molecule has 0 aliphatic heterocycles. The molecule has 0 radical (unpaired) electrons. The molecule has 0 fully saturated rings. The molecule has 152 valence electrons. The average Bonchev–Trinajstić information content (AvgIpc) is 3.41. The van der Waals surface area contributed by atoms with Gasteiger partial charge in [0.1, 0.15) is 30.3 Å². The summed E-state index contributed by atoms with van der Waals surface area (Å²) in [6, 6.07) is 19.6. The molecule has 30 heavy (non-hydrogen) atoms. The van der Waals surface area contributed by atoms with Crippen LogP contribution in [0.15, 0.2) is 75.6 Å². The van der Waals surface area contributed by atoms with Crippen LogP contribution in [-0.2, 0) is 22.7 Å². The normalized spacial score (nSPS) is 10.7. The van der Waals surface area contributed by atoms with E-state index in [1.807, 2.05) is 48.5 Å². The molecule has 0 N–H and O–H groups in total. The number of ether oxygens (including phenoxy) is 3. The first kappa shape index (κ1) is 19.3. The topological polar surface area (TPSA) is 88.1 Å². The molecule has 4 rings (SSSR count). The molecular formula is C23H18O7. The van der Waals surface area contributed by atoms with Crippen molar-refractivity contribution in [2.24, 2.45) is 0 Å². The molecule has 0 aliphatic carbocycles. The molecule has 0 aliphatic rings. The first-order valence-electron chi connectivity index (χ1n) is 9.18. The van der Waals surface area contributed by atoms with Crippen molar-refractivity contribution in [2.45, 2.75) is 13.2 Å². The molecule has 0 amide bonds. The Morgan fingerprint density at radius 3 is 2.40 bits per heavy atom. The number of hydrogen-bond acceptors (Lipinski definition) is 7. The molecule has 0 saturated carbocycles. The van der Waals surface area contributed by atoms with E-state index in [1.165, 1.54) is 19.2 Å². The second-order valence-corrected chi connectivity index (χ2v) is 6.34. The summed E-state index contributed by atoms with van der Waals surface area (Å²) < 4.78 is 26.8. The zero-order valence-electron chi connectivity index (χ0n) is 16.1. The summed E-state index contributed by atoms with van der Waals surface area (Å²) in [6.45, 7) is -0.0233. The van der Waals surface area contributed by atoms with Crippen LogP contribution in [-0.4, -0.2) is 19.0 Å². The van der Waals surface area contributed by atoms with E-state index < -0.39 is 11.9 Å². The van der Waals surface area contributed by atoms with Gasteiger partial charge in [-0.15, -0.1) is 0 Å². The van der Waals surface area contributed by atoms with Crippen LogP contribution in [0.4, 0.5) is 0 Å². The van der Waals surface area contributed by atoms with Crippen molar-refractivity contribution in [3.05, 3.63) is 89.6 Å². The van der Waals surface area contributed by atoms with Crippen LogP contribution < -0.4 is 4.74 Å². The fourth-order valence-corrected chi connectivity index (χ4v) is 2.95.